The Labute approximate surface area is 158 Å². The van der Waals surface area contributed by atoms with Crippen LogP contribution in [0.15, 0.2) is 59.6 Å². The Morgan fingerprint density at radius 1 is 1.04 bits per heavy atom. The molecule has 0 spiro atoms. The lowest BCUT2D eigenvalue weighted by Gasteiger charge is -2.05. The Hall–Kier alpha value is -2.09. The first-order chi connectivity index (χ1) is 11.3. The summed E-state index contributed by atoms with van der Waals surface area (Å²) in [7, 11) is 0. The predicted molar refractivity (Wildman–Crippen MR) is 110 cm³/mol. The Morgan fingerprint density at radius 3 is 2.58 bits per heavy atom. The van der Waals surface area contributed by atoms with Crippen LogP contribution in [-0.4, -0.2) is 29.0 Å². The summed E-state index contributed by atoms with van der Waals surface area (Å²) in [4.78, 5) is 12.2. The van der Waals surface area contributed by atoms with Gasteiger partial charge in [-0.3, -0.25) is 4.99 Å². The Morgan fingerprint density at radius 2 is 1.79 bits per heavy atom. The number of aromatic nitrogens is 2. The van der Waals surface area contributed by atoms with E-state index >= 15 is 0 Å². The minimum atomic E-state index is 0. The summed E-state index contributed by atoms with van der Waals surface area (Å²) in [6.07, 6.45) is 1.68. The molecular formula is C18H22IN5. The second kappa shape index (κ2) is 9.27. The summed E-state index contributed by atoms with van der Waals surface area (Å²) in [6.45, 7) is 1.40. The number of guanidine groups is 1. The molecule has 0 aliphatic heterocycles. The highest BCUT2D eigenvalue weighted by Crippen LogP contribution is 2.10. The molecule has 0 atom stereocenters. The Balaban J connectivity index is 0.00000208. The number of hydrogen-bond acceptors (Lipinski definition) is 2. The molecule has 0 saturated heterocycles. The Bertz CT molecular complexity index is 749. The summed E-state index contributed by atoms with van der Waals surface area (Å²) in [5.41, 5.74) is 9.21. The maximum atomic E-state index is 5.89. The predicted octanol–water partition coefficient (Wildman–Crippen LogP) is 2.87. The zero-order valence-electron chi connectivity index (χ0n) is 13.4. The number of imidazole rings is 1. The molecule has 0 radical (unpaired) electrons. The molecule has 0 aliphatic carbocycles. The van der Waals surface area contributed by atoms with Crippen molar-refractivity contribution in [1.29, 1.82) is 0 Å². The van der Waals surface area contributed by atoms with Crippen molar-refractivity contribution >= 4 is 41.0 Å². The maximum Gasteiger partial charge on any atom is 0.188 e. The van der Waals surface area contributed by atoms with Crippen LogP contribution in [0.2, 0.25) is 0 Å². The fourth-order valence-corrected chi connectivity index (χ4v) is 2.44. The average Bonchev–Trinajstić information content (AvgIpc) is 2.98. The van der Waals surface area contributed by atoms with Gasteiger partial charge in [-0.15, -0.1) is 24.0 Å². The molecule has 0 saturated carbocycles. The van der Waals surface area contributed by atoms with Crippen LogP contribution in [0.25, 0.3) is 11.0 Å². The number of nitrogens with two attached hydrogens (primary N) is 1. The normalized spacial score (nSPS) is 11.2. The highest BCUT2D eigenvalue weighted by Gasteiger charge is 2.01. The first kappa shape index (κ1) is 18.3. The molecular weight excluding hydrogens is 413 g/mol. The lowest BCUT2D eigenvalue weighted by Crippen LogP contribution is -2.33. The minimum Gasteiger partial charge on any atom is -0.370 e. The third-order valence-electron chi connectivity index (χ3n) is 3.63. The van der Waals surface area contributed by atoms with Gasteiger partial charge in [0.1, 0.15) is 5.82 Å². The van der Waals surface area contributed by atoms with Crippen molar-refractivity contribution < 1.29 is 0 Å². The van der Waals surface area contributed by atoms with Crippen LogP contribution in [0.4, 0.5) is 0 Å². The van der Waals surface area contributed by atoms with Crippen molar-refractivity contribution in [3.05, 3.63) is 66.0 Å². The molecule has 24 heavy (non-hydrogen) atoms. The highest BCUT2D eigenvalue weighted by atomic mass is 127. The number of H-pyrrole nitrogens is 1. The average molecular weight is 435 g/mol. The van der Waals surface area contributed by atoms with E-state index in [-0.39, 0.29) is 24.0 Å². The van der Waals surface area contributed by atoms with Crippen LogP contribution >= 0.6 is 24.0 Å². The second-order valence-electron chi connectivity index (χ2n) is 5.38. The van der Waals surface area contributed by atoms with E-state index in [9.17, 15) is 0 Å². The number of hydrogen-bond donors (Lipinski definition) is 3. The van der Waals surface area contributed by atoms with Crippen LogP contribution in [0, 0.1) is 0 Å². The van der Waals surface area contributed by atoms with Crippen LogP contribution in [0.3, 0.4) is 0 Å². The van der Waals surface area contributed by atoms with Gasteiger partial charge in [0.2, 0.25) is 0 Å². The van der Waals surface area contributed by atoms with Crippen molar-refractivity contribution in [2.45, 2.75) is 12.8 Å². The lowest BCUT2D eigenvalue weighted by atomic mass is 10.1. The molecule has 0 bridgehead atoms. The fraction of sp³-hybridized carbons (Fsp3) is 0.222. The number of aromatic amines is 1. The van der Waals surface area contributed by atoms with Crippen molar-refractivity contribution in [2.24, 2.45) is 10.7 Å². The summed E-state index contributed by atoms with van der Waals surface area (Å²) in [5, 5.41) is 3.14. The van der Waals surface area contributed by atoms with E-state index in [1.807, 2.05) is 42.5 Å². The number of para-hydroxylation sites is 2. The number of halogens is 1. The van der Waals surface area contributed by atoms with E-state index in [1.165, 1.54) is 5.56 Å². The number of fused-ring (bicyclic) bond motifs is 1. The van der Waals surface area contributed by atoms with Gasteiger partial charge in [0, 0.05) is 19.5 Å². The second-order valence-corrected chi connectivity index (χ2v) is 5.38. The van der Waals surface area contributed by atoms with Gasteiger partial charge in [0.15, 0.2) is 5.96 Å². The SMILES string of the molecule is I.NC(=NCCc1nc2ccccc2[nH]1)NCCc1ccccc1. The molecule has 3 aromatic rings. The van der Waals surface area contributed by atoms with Crippen molar-refractivity contribution in [1.82, 2.24) is 15.3 Å². The number of nitrogens with zero attached hydrogens (tertiary/aromatic N) is 2. The van der Waals surface area contributed by atoms with Gasteiger partial charge in [-0.1, -0.05) is 42.5 Å². The fourth-order valence-electron chi connectivity index (χ4n) is 2.44. The quantitative estimate of drug-likeness (QED) is 0.317. The zero-order valence-corrected chi connectivity index (χ0v) is 15.7. The molecule has 126 valence electrons. The monoisotopic (exact) mass is 435 g/mol. The molecule has 0 amide bonds. The summed E-state index contributed by atoms with van der Waals surface area (Å²) < 4.78 is 0. The van der Waals surface area contributed by atoms with Gasteiger partial charge >= 0.3 is 0 Å². The molecule has 6 heteroatoms. The largest absolute Gasteiger partial charge is 0.370 e. The smallest absolute Gasteiger partial charge is 0.188 e. The van der Waals surface area contributed by atoms with E-state index in [0.29, 0.717) is 12.5 Å². The molecule has 0 aliphatic rings. The van der Waals surface area contributed by atoms with Crippen LogP contribution in [-0.2, 0) is 12.8 Å². The molecule has 5 nitrogen and oxygen atoms in total. The standard InChI is InChI=1S/C18H21N5.HI/c19-18(20-12-10-14-6-2-1-3-7-14)21-13-11-17-22-15-8-4-5-9-16(15)23-17;/h1-9H,10-13H2,(H,22,23)(H3,19,20,21);1H. The summed E-state index contributed by atoms with van der Waals surface area (Å²) >= 11 is 0. The first-order valence-electron chi connectivity index (χ1n) is 7.82. The van der Waals surface area contributed by atoms with Crippen LogP contribution < -0.4 is 11.1 Å². The van der Waals surface area contributed by atoms with E-state index < -0.39 is 0 Å². The van der Waals surface area contributed by atoms with Crippen LogP contribution in [0.5, 0.6) is 0 Å². The van der Waals surface area contributed by atoms with Gasteiger partial charge in [-0.05, 0) is 24.1 Å². The van der Waals surface area contributed by atoms with Gasteiger partial charge in [-0.2, -0.15) is 0 Å². The van der Waals surface area contributed by atoms with Crippen molar-refractivity contribution in [3.8, 4) is 0 Å². The molecule has 4 N–H and O–H groups in total. The van der Waals surface area contributed by atoms with Crippen LogP contribution in [0.1, 0.15) is 11.4 Å². The molecule has 0 unspecified atom stereocenters. The first-order valence-corrected chi connectivity index (χ1v) is 7.82. The Kier molecular flexibility index (Phi) is 7.05. The zero-order chi connectivity index (χ0) is 15.9. The topological polar surface area (TPSA) is 79.1 Å². The molecule has 0 fully saturated rings. The van der Waals surface area contributed by atoms with Crippen molar-refractivity contribution in [3.63, 3.8) is 0 Å². The van der Waals surface area contributed by atoms with E-state index in [4.69, 9.17) is 5.73 Å². The number of nitrogens with one attached hydrogen (secondary N) is 2. The molecule has 2 aromatic carbocycles. The van der Waals surface area contributed by atoms with Gasteiger partial charge in [0.05, 0.1) is 11.0 Å². The molecule has 1 aromatic heterocycles. The van der Waals surface area contributed by atoms with E-state index in [0.717, 1.165) is 36.2 Å². The number of rotatable bonds is 6. The van der Waals surface area contributed by atoms with Gasteiger partial charge in [-0.25, -0.2) is 4.98 Å². The summed E-state index contributed by atoms with van der Waals surface area (Å²) in [6, 6.07) is 18.3. The lowest BCUT2D eigenvalue weighted by molar-refractivity contribution is 0.836. The minimum absolute atomic E-state index is 0. The third kappa shape index (κ3) is 5.23. The molecule has 1 heterocycles. The van der Waals surface area contributed by atoms with Gasteiger partial charge < -0.3 is 16.0 Å². The summed E-state index contributed by atoms with van der Waals surface area (Å²) in [5.74, 6) is 1.42. The van der Waals surface area contributed by atoms with E-state index in [1.54, 1.807) is 0 Å². The van der Waals surface area contributed by atoms with E-state index in [2.05, 4.69) is 32.4 Å². The van der Waals surface area contributed by atoms with Gasteiger partial charge in [0.25, 0.3) is 0 Å². The molecule has 3 rings (SSSR count). The number of aliphatic imine (C=N–C) groups is 1. The van der Waals surface area contributed by atoms with Crippen molar-refractivity contribution in [2.75, 3.05) is 13.1 Å². The number of benzene rings is 2. The third-order valence-corrected chi connectivity index (χ3v) is 3.63. The maximum absolute atomic E-state index is 5.89. The highest BCUT2D eigenvalue weighted by molar-refractivity contribution is 14.0.